The van der Waals surface area contributed by atoms with Gasteiger partial charge in [-0.25, -0.2) is 0 Å². The Hall–Kier alpha value is -3.46. The first kappa shape index (κ1) is 65.7. The van der Waals surface area contributed by atoms with Gasteiger partial charge in [0.15, 0.2) is 12.2 Å². The minimum absolute atomic E-state index is 0.00715. The summed E-state index contributed by atoms with van der Waals surface area (Å²) in [4.78, 5) is 84.8. The van der Waals surface area contributed by atoms with E-state index in [1.165, 1.54) is 0 Å². The molecule has 424 valence electrons. The van der Waals surface area contributed by atoms with Gasteiger partial charge in [0, 0.05) is 78.5 Å². The van der Waals surface area contributed by atoms with Crippen LogP contribution >= 0.6 is 0 Å². The quantitative estimate of drug-likeness (QED) is 0.165. The molecule has 0 saturated carbocycles. The van der Waals surface area contributed by atoms with E-state index in [4.69, 9.17) is 33.2 Å². The van der Waals surface area contributed by atoms with E-state index in [1.807, 2.05) is 94.9 Å². The van der Waals surface area contributed by atoms with E-state index in [2.05, 4.69) is 0 Å². The lowest BCUT2D eigenvalue weighted by Crippen LogP contribution is -2.54. The predicted octanol–water partition coefficient (Wildman–Crippen LogP) is 5.18. The molecule has 0 aromatic rings. The second-order valence-corrected chi connectivity index (χ2v) is 21.2. The number of hydrogen-bond acceptors (Lipinski definition) is 13. The molecule has 0 aromatic carbocycles. The number of nitrogens with zero attached hydrogens (tertiary/aromatic N) is 6. The van der Waals surface area contributed by atoms with Crippen LogP contribution in [0, 0.1) is 0 Å². The Balaban J connectivity index is 0.000000344. The Morgan fingerprint density at radius 1 is 0.274 bits per heavy atom. The molecule has 6 unspecified atom stereocenters. The molecular weight excluding hydrogens is 941 g/mol. The van der Waals surface area contributed by atoms with Crippen molar-refractivity contribution in [2.45, 2.75) is 223 Å². The average molecular weight is 1040 g/mol. The first-order valence-corrected chi connectivity index (χ1v) is 27.6. The molecule has 0 aliphatic carbocycles. The summed E-state index contributed by atoms with van der Waals surface area (Å²) in [5.74, 6) is -0.0217. The summed E-state index contributed by atoms with van der Waals surface area (Å²) in [6.45, 7) is 39.8. The molecular formula is C54H100N6O13. The van der Waals surface area contributed by atoms with Crippen molar-refractivity contribution in [3.05, 3.63) is 0 Å². The van der Waals surface area contributed by atoms with Crippen molar-refractivity contribution in [3.63, 3.8) is 0 Å². The number of piperazine rings is 1. The number of ether oxygens (including phenoxy) is 7. The van der Waals surface area contributed by atoms with Gasteiger partial charge in [-0.2, -0.15) is 0 Å². The molecule has 19 heteroatoms. The molecule has 0 bridgehead atoms. The highest BCUT2D eigenvalue weighted by molar-refractivity contribution is 5.91. The Kier molecular flexibility index (Phi) is 30.8. The molecule has 0 radical (unpaired) electrons. The topological polar surface area (TPSA) is 186 Å². The minimum Gasteiger partial charge on any atom is -0.378 e. The molecule has 5 fully saturated rings. The Labute approximate surface area is 439 Å². The van der Waals surface area contributed by atoms with Crippen LogP contribution in [-0.2, 0) is 61.9 Å². The molecule has 73 heavy (non-hydrogen) atoms. The van der Waals surface area contributed by atoms with Gasteiger partial charge in [-0.1, -0.05) is 0 Å². The van der Waals surface area contributed by atoms with Crippen LogP contribution in [0.25, 0.3) is 0 Å². The second-order valence-electron chi connectivity index (χ2n) is 21.2. The van der Waals surface area contributed by atoms with Crippen molar-refractivity contribution in [3.8, 4) is 0 Å². The third-order valence-electron chi connectivity index (χ3n) is 12.4. The van der Waals surface area contributed by atoms with Crippen molar-refractivity contribution in [2.75, 3.05) is 91.8 Å². The molecule has 0 N–H and O–H groups in total. The fourth-order valence-electron chi connectivity index (χ4n) is 9.10. The van der Waals surface area contributed by atoms with Crippen molar-refractivity contribution in [1.29, 1.82) is 0 Å². The number of carbonyl (C=O) groups excluding carboxylic acids is 6. The number of rotatable bonds is 19. The van der Waals surface area contributed by atoms with Gasteiger partial charge >= 0.3 is 0 Å². The van der Waals surface area contributed by atoms with E-state index in [-0.39, 0.29) is 84.3 Å². The largest absolute Gasteiger partial charge is 0.378 e. The first-order chi connectivity index (χ1) is 34.3. The fraction of sp³-hybridized carbons (Fsp3) is 0.889. The zero-order valence-corrected chi connectivity index (χ0v) is 48.1. The van der Waals surface area contributed by atoms with Crippen LogP contribution in [0.3, 0.4) is 0 Å². The Morgan fingerprint density at radius 3 is 0.685 bits per heavy atom. The van der Waals surface area contributed by atoms with Crippen LogP contribution in [0.15, 0.2) is 0 Å². The number of carbonyl (C=O) groups is 6. The molecule has 5 aliphatic heterocycles. The summed E-state index contributed by atoms with van der Waals surface area (Å²) in [5.41, 5.74) is 0. The Bertz CT molecular complexity index is 1540. The second kappa shape index (κ2) is 34.3. The van der Waals surface area contributed by atoms with E-state index in [1.54, 1.807) is 45.3 Å². The van der Waals surface area contributed by atoms with Crippen LogP contribution in [-0.4, -0.2) is 230 Å². The van der Waals surface area contributed by atoms with Crippen LogP contribution in [0.5, 0.6) is 0 Å². The molecule has 5 saturated heterocycles. The van der Waals surface area contributed by atoms with E-state index >= 15 is 0 Å². The zero-order valence-electron chi connectivity index (χ0n) is 48.1. The lowest BCUT2D eigenvalue weighted by atomic mass is 10.1. The molecule has 6 amide bonds. The van der Waals surface area contributed by atoms with Gasteiger partial charge in [0.05, 0.1) is 49.8 Å². The molecule has 5 aliphatic rings. The summed E-state index contributed by atoms with van der Waals surface area (Å²) in [6.07, 6.45) is 3.07. The summed E-state index contributed by atoms with van der Waals surface area (Å²) in [7, 11) is 0. The molecule has 5 rings (SSSR count). The fourth-order valence-corrected chi connectivity index (χ4v) is 9.10. The van der Waals surface area contributed by atoms with Gasteiger partial charge in [0.2, 0.25) is 0 Å². The standard InChI is InChI=1S/C18H32N2O4.C16H30N2O4.C10H19NO3.C10H19NO2/c1-13(2)23-15(17(21)19-9-5-6-10-19)16(24-14(3)4)18(22)20-11-7-8-12-20;1-11(2)21-13(5)15(19)17-7-9-18(10-8-17)16(20)14(6)22-12(3)4;1-8(2)14-9(3)10(12)11-4-6-13-7-5-11;1-8(2)13-9(3)10(12)11-6-4-5-7-11/h13-16H,5-12H2,1-4H3;11-14H,7-10H2,1-6H3;8-9H,4-7H2,1-3H3;8-9H,4-7H2,1-3H3. The monoisotopic (exact) mass is 1040 g/mol. The SMILES string of the molecule is CC(C)OC(C(=O)N1CCCC1)C(OC(C)C)C(=O)N1CCCC1.CC(C)OC(C)C(=O)N1CCCC1.CC(C)OC(C)C(=O)N1CCN(C(=O)C(C)OC(C)C)CC1.CC(C)OC(C)C(=O)N1CCOCC1. The highest BCUT2D eigenvalue weighted by Gasteiger charge is 2.42. The number of hydrogen-bond donors (Lipinski definition) is 0. The third kappa shape index (κ3) is 24.4. The third-order valence-corrected chi connectivity index (χ3v) is 12.4. The van der Waals surface area contributed by atoms with Crippen molar-refractivity contribution in [1.82, 2.24) is 29.4 Å². The number of likely N-dealkylation sites (tertiary alicyclic amines) is 3. The van der Waals surface area contributed by atoms with Gasteiger partial charge < -0.3 is 62.6 Å². The smallest absolute Gasteiger partial charge is 0.255 e. The van der Waals surface area contributed by atoms with Crippen LogP contribution in [0.2, 0.25) is 0 Å². The van der Waals surface area contributed by atoms with Crippen molar-refractivity contribution in [2.24, 2.45) is 0 Å². The normalized spacial score (nSPS) is 19.8. The van der Waals surface area contributed by atoms with Crippen LogP contribution in [0.4, 0.5) is 0 Å². The number of morpholine rings is 1. The van der Waals surface area contributed by atoms with Crippen molar-refractivity contribution < 1.29 is 61.9 Å². The molecule has 5 heterocycles. The lowest BCUT2D eigenvalue weighted by molar-refractivity contribution is -0.175. The molecule has 19 nitrogen and oxygen atoms in total. The maximum absolute atomic E-state index is 13.0. The van der Waals surface area contributed by atoms with Crippen LogP contribution < -0.4 is 0 Å². The van der Waals surface area contributed by atoms with Gasteiger partial charge in [-0.15, -0.1) is 0 Å². The van der Waals surface area contributed by atoms with Gasteiger partial charge in [-0.05, 0) is 149 Å². The van der Waals surface area contributed by atoms with Gasteiger partial charge in [-0.3, -0.25) is 28.8 Å². The minimum atomic E-state index is -0.862. The van der Waals surface area contributed by atoms with Gasteiger partial charge in [0.1, 0.15) is 24.4 Å². The molecule has 6 atom stereocenters. The maximum atomic E-state index is 13.0. The summed E-state index contributed by atoms with van der Waals surface area (Å²) in [5, 5.41) is 0. The van der Waals surface area contributed by atoms with E-state index in [0.29, 0.717) is 52.5 Å². The zero-order chi connectivity index (χ0) is 54.9. The molecule has 0 aromatic heterocycles. The molecule has 0 spiro atoms. The van der Waals surface area contributed by atoms with E-state index in [9.17, 15) is 28.8 Å². The highest BCUT2D eigenvalue weighted by atomic mass is 16.6. The van der Waals surface area contributed by atoms with Gasteiger partial charge in [0.25, 0.3) is 35.4 Å². The summed E-state index contributed by atoms with van der Waals surface area (Å²) < 4.78 is 38.9. The highest BCUT2D eigenvalue weighted by Crippen LogP contribution is 2.21. The average Bonchev–Trinajstić information content (AvgIpc) is 4.17. The van der Waals surface area contributed by atoms with E-state index < -0.39 is 24.4 Å². The lowest BCUT2D eigenvalue weighted by Gasteiger charge is -2.37. The summed E-state index contributed by atoms with van der Waals surface area (Å²) >= 11 is 0. The van der Waals surface area contributed by atoms with Crippen molar-refractivity contribution >= 4 is 35.4 Å². The summed E-state index contributed by atoms with van der Waals surface area (Å²) in [6, 6.07) is 0. The number of amides is 6. The van der Waals surface area contributed by atoms with E-state index in [0.717, 1.165) is 77.8 Å². The first-order valence-electron chi connectivity index (χ1n) is 27.6. The predicted molar refractivity (Wildman–Crippen MR) is 281 cm³/mol. The Morgan fingerprint density at radius 2 is 0.466 bits per heavy atom. The van der Waals surface area contributed by atoms with Crippen LogP contribution in [0.1, 0.15) is 149 Å². The maximum Gasteiger partial charge on any atom is 0.255 e.